The van der Waals surface area contributed by atoms with Crippen LogP contribution in [0.2, 0.25) is 0 Å². The molecule has 3 aromatic carbocycles. The number of hydrogen-bond acceptors (Lipinski definition) is 4. The normalized spacial score (nSPS) is 11.5. The lowest BCUT2D eigenvalue weighted by atomic mass is 10.0. The Morgan fingerprint density at radius 3 is 2.27 bits per heavy atom. The summed E-state index contributed by atoms with van der Waals surface area (Å²) in [5.74, 6) is -0.132. The number of para-hydroxylation sites is 2. The number of nitrogens with zero attached hydrogens (tertiary/aromatic N) is 1. The summed E-state index contributed by atoms with van der Waals surface area (Å²) in [6.45, 7) is 4.66. The van der Waals surface area contributed by atoms with Crippen molar-refractivity contribution in [3.63, 3.8) is 0 Å². The first-order valence-electron chi connectivity index (χ1n) is 13.6. The van der Waals surface area contributed by atoms with Gasteiger partial charge in [0, 0.05) is 17.5 Å². The van der Waals surface area contributed by atoms with Crippen LogP contribution in [0.15, 0.2) is 78.9 Å². The van der Waals surface area contributed by atoms with E-state index in [9.17, 15) is 14.7 Å². The van der Waals surface area contributed by atoms with Crippen LogP contribution in [0.3, 0.4) is 0 Å². The minimum absolute atomic E-state index is 0.0724. The van der Waals surface area contributed by atoms with Crippen LogP contribution < -0.4 is 9.47 Å². The van der Waals surface area contributed by atoms with Gasteiger partial charge in [-0.25, -0.2) is 0 Å². The molecule has 0 aliphatic heterocycles. The lowest BCUT2D eigenvalue weighted by Crippen LogP contribution is -2.10. The summed E-state index contributed by atoms with van der Waals surface area (Å²) in [5.41, 5.74) is 5.67. The van der Waals surface area contributed by atoms with Crippen LogP contribution in [0.25, 0.3) is 23.1 Å². The molecule has 2 N–H and O–H groups in total. The number of aromatic nitrogens is 1. The molecule has 1 aromatic heterocycles. The summed E-state index contributed by atoms with van der Waals surface area (Å²) in [5, 5.41) is 19.6. The first-order chi connectivity index (χ1) is 19.8. The lowest BCUT2D eigenvalue weighted by Gasteiger charge is -2.08. The molecule has 0 saturated carbocycles. The Balaban J connectivity index is 1.41. The van der Waals surface area contributed by atoms with Crippen molar-refractivity contribution in [2.45, 2.75) is 39.7 Å². The molecule has 4 aromatic rings. The molecule has 0 unspecified atom stereocenters. The molecule has 7 nitrogen and oxygen atoms in total. The number of benzene rings is 3. The van der Waals surface area contributed by atoms with Gasteiger partial charge in [-0.3, -0.25) is 9.59 Å². The average Bonchev–Trinajstić information content (AvgIpc) is 3.21. The van der Waals surface area contributed by atoms with Crippen LogP contribution in [-0.2, 0) is 22.6 Å². The highest BCUT2D eigenvalue weighted by Gasteiger charge is 2.18. The molecule has 212 valence electrons. The average molecular weight is 554 g/mol. The lowest BCUT2D eigenvalue weighted by molar-refractivity contribution is -0.138. The number of carbonyl (C=O) groups is 2. The second-order valence-corrected chi connectivity index (χ2v) is 9.80. The molecular weight excluding hydrogens is 518 g/mol. The van der Waals surface area contributed by atoms with E-state index in [1.54, 1.807) is 0 Å². The van der Waals surface area contributed by atoms with Crippen LogP contribution in [0.4, 0.5) is 0 Å². The molecule has 41 heavy (non-hydrogen) atoms. The number of rotatable bonds is 14. The van der Waals surface area contributed by atoms with Crippen molar-refractivity contribution < 1.29 is 29.3 Å². The number of aryl methyl sites for hydroxylation is 2. The maximum Gasteiger partial charge on any atom is 0.323 e. The van der Waals surface area contributed by atoms with Crippen LogP contribution in [0.1, 0.15) is 40.8 Å². The summed E-state index contributed by atoms with van der Waals surface area (Å²) in [6, 6.07) is 21.6. The highest BCUT2D eigenvalue weighted by molar-refractivity contribution is 5.95. The van der Waals surface area contributed by atoms with Crippen molar-refractivity contribution in [2.75, 3.05) is 13.2 Å². The summed E-state index contributed by atoms with van der Waals surface area (Å²) >= 11 is 0. The van der Waals surface area contributed by atoms with E-state index in [2.05, 4.69) is 0 Å². The zero-order valence-corrected chi connectivity index (χ0v) is 23.4. The molecule has 0 amide bonds. The summed E-state index contributed by atoms with van der Waals surface area (Å²) < 4.78 is 13.4. The van der Waals surface area contributed by atoms with Gasteiger partial charge in [0.1, 0.15) is 31.3 Å². The second-order valence-electron chi connectivity index (χ2n) is 9.80. The van der Waals surface area contributed by atoms with Crippen molar-refractivity contribution in [3.8, 4) is 11.5 Å². The number of carboxylic acid groups (broad SMARTS) is 2. The van der Waals surface area contributed by atoms with Gasteiger partial charge in [0.05, 0.1) is 5.52 Å². The fourth-order valence-corrected chi connectivity index (χ4v) is 4.83. The standard InChI is InChI=1S/C34H35NO6/c1-24-9-3-4-13-31(24)41-22-6-5-21-40-28-19-16-26(17-20-28)15-18-27-10-7-12-30-29(11-8-14-32(36)37)25(2)35(34(27)30)23-33(38)39/h3-7,9-10,12-13,15-20H,8,11,14,21-23H2,1-2H3,(H,36,37)(H,38,39)/b6-5+,18-15+. The molecule has 7 heteroatoms. The van der Waals surface area contributed by atoms with Gasteiger partial charge in [-0.1, -0.05) is 60.7 Å². The predicted octanol–water partition coefficient (Wildman–Crippen LogP) is 6.93. The third-order valence-electron chi connectivity index (χ3n) is 6.89. The Morgan fingerprint density at radius 2 is 1.56 bits per heavy atom. The minimum Gasteiger partial charge on any atom is -0.490 e. The molecule has 0 bridgehead atoms. The Hall–Kier alpha value is -4.78. The first kappa shape index (κ1) is 29.2. The van der Waals surface area contributed by atoms with Crippen LogP contribution >= 0.6 is 0 Å². The molecule has 0 radical (unpaired) electrons. The van der Waals surface area contributed by atoms with Crippen molar-refractivity contribution in [2.24, 2.45) is 0 Å². The highest BCUT2D eigenvalue weighted by atomic mass is 16.5. The summed E-state index contributed by atoms with van der Waals surface area (Å²) in [4.78, 5) is 22.7. The largest absolute Gasteiger partial charge is 0.490 e. The number of aliphatic carboxylic acids is 2. The van der Waals surface area contributed by atoms with Gasteiger partial charge in [-0.2, -0.15) is 0 Å². The quantitative estimate of drug-likeness (QED) is 0.130. The van der Waals surface area contributed by atoms with Crippen molar-refractivity contribution in [1.82, 2.24) is 4.57 Å². The molecule has 0 aliphatic carbocycles. The topological polar surface area (TPSA) is 98.0 Å². The molecule has 0 atom stereocenters. The SMILES string of the molecule is Cc1ccccc1OC/C=C/COc1ccc(/C=C/c2cccc3c(CCCC(=O)O)c(C)n(CC(=O)O)c23)cc1. The first-order valence-corrected chi connectivity index (χ1v) is 13.6. The van der Waals surface area contributed by atoms with Crippen LogP contribution in [-0.4, -0.2) is 39.9 Å². The smallest absolute Gasteiger partial charge is 0.323 e. The molecular formula is C34H35NO6. The van der Waals surface area contributed by atoms with E-state index in [4.69, 9.17) is 14.6 Å². The zero-order valence-electron chi connectivity index (χ0n) is 23.4. The second kappa shape index (κ2) is 14.0. The van der Waals surface area contributed by atoms with Gasteiger partial charge in [-0.15, -0.1) is 0 Å². The van der Waals surface area contributed by atoms with Gasteiger partial charge < -0.3 is 24.3 Å². The Bertz CT molecular complexity index is 1560. The third-order valence-corrected chi connectivity index (χ3v) is 6.89. The van der Waals surface area contributed by atoms with E-state index < -0.39 is 11.9 Å². The Morgan fingerprint density at radius 1 is 0.829 bits per heavy atom. The van der Waals surface area contributed by atoms with Crippen LogP contribution in [0, 0.1) is 13.8 Å². The molecule has 4 rings (SSSR count). The summed E-state index contributed by atoms with van der Waals surface area (Å²) in [7, 11) is 0. The van der Waals surface area contributed by atoms with Gasteiger partial charge in [-0.05, 0) is 79.3 Å². The van der Waals surface area contributed by atoms with E-state index in [0.29, 0.717) is 26.1 Å². The highest BCUT2D eigenvalue weighted by Crippen LogP contribution is 2.31. The molecule has 0 spiro atoms. The van der Waals surface area contributed by atoms with E-state index in [0.717, 1.165) is 50.3 Å². The molecule has 0 fully saturated rings. The number of hydrogen-bond donors (Lipinski definition) is 2. The molecule has 0 saturated heterocycles. The molecule has 0 aliphatic rings. The predicted molar refractivity (Wildman–Crippen MR) is 162 cm³/mol. The summed E-state index contributed by atoms with van der Waals surface area (Å²) in [6.07, 6.45) is 8.97. The van der Waals surface area contributed by atoms with Crippen molar-refractivity contribution >= 4 is 35.0 Å². The van der Waals surface area contributed by atoms with Crippen molar-refractivity contribution in [1.29, 1.82) is 0 Å². The van der Waals surface area contributed by atoms with E-state index >= 15 is 0 Å². The number of ether oxygens (including phenoxy) is 2. The Labute approximate surface area is 240 Å². The zero-order chi connectivity index (χ0) is 29.2. The number of carboxylic acids is 2. The third kappa shape index (κ3) is 7.88. The van der Waals surface area contributed by atoms with E-state index in [-0.39, 0.29) is 13.0 Å². The maximum atomic E-state index is 11.7. The van der Waals surface area contributed by atoms with E-state index in [1.807, 2.05) is 109 Å². The van der Waals surface area contributed by atoms with E-state index in [1.165, 1.54) is 0 Å². The fraction of sp³-hybridized carbons (Fsp3) is 0.235. The fourth-order valence-electron chi connectivity index (χ4n) is 4.83. The number of fused-ring (bicyclic) bond motifs is 1. The van der Waals surface area contributed by atoms with Crippen LogP contribution in [0.5, 0.6) is 11.5 Å². The monoisotopic (exact) mass is 553 g/mol. The van der Waals surface area contributed by atoms with Crippen molar-refractivity contribution in [3.05, 3.63) is 107 Å². The van der Waals surface area contributed by atoms with Gasteiger partial charge in [0.15, 0.2) is 0 Å². The van der Waals surface area contributed by atoms with Gasteiger partial charge in [0.25, 0.3) is 0 Å². The molecule has 1 heterocycles. The van der Waals surface area contributed by atoms with Gasteiger partial charge >= 0.3 is 11.9 Å². The maximum absolute atomic E-state index is 11.7. The van der Waals surface area contributed by atoms with Gasteiger partial charge in [0.2, 0.25) is 0 Å². The minimum atomic E-state index is -0.926. The Kier molecular flexibility index (Phi) is 9.99.